The van der Waals surface area contributed by atoms with Crippen LogP contribution < -0.4 is 0 Å². The maximum absolute atomic E-state index is 13.2. The van der Waals surface area contributed by atoms with Crippen molar-refractivity contribution in [3.05, 3.63) is 42.2 Å². The number of hydrogen-bond acceptors (Lipinski definition) is 6. The molecule has 0 spiro atoms. The topological polar surface area (TPSA) is 106 Å². The number of aromatic nitrogens is 1. The predicted molar refractivity (Wildman–Crippen MR) is 108 cm³/mol. The second-order valence-electron chi connectivity index (χ2n) is 7.75. The van der Waals surface area contributed by atoms with Gasteiger partial charge in [-0.1, -0.05) is 43.3 Å². The van der Waals surface area contributed by atoms with Gasteiger partial charge in [-0.3, -0.25) is 19.4 Å². The van der Waals surface area contributed by atoms with Crippen molar-refractivity contribution in [1.29, 1.82) is 0 Å². The normalized spacial score (nSPS) is 19.4. The largest absolute Gasteiger partial charge is 0.481 e. The second kappa shape index (κ2) is 8.69. The molecule has 0 fully saturated rings. The van der Waals surface area contributed by atoms with Gasteiger partial charge in [-0.2, -0.15) is 0 Å². The Bertz CT molecular complexity index is 1010. The Hall–Kier alpha value is -3.16. The number of Topliss-reactive ketones (excluding diaryl/α,β-unsaturated/α-hetero) is 2. The van der Waals surface area contributed by atoms with E-state index in [1.807, 2.05) is 30.3 Å². The summed E-state index contributed by atoms with van der Waals surface area (Å²) >= 11 is 0. The molecule has 1 aromatic heterocycles. The summed E-state index contributed by atoms with van der Waals surface area (Å²) in [4.78, 5) is 46.1. The van der Waals surface area contributed by atoms with Crippen LogP contribution in [0.3, 0.4) is 0 Å². The van der Waals surface area contributed by atoms with E-state index in [4.69, 9.17) is 9.94 Å². The zero-order chi connectivity index (χ0) is 21.9. The lowest BCUT2D eigenvalue weighted by Crippen LogP contribution is -2.45. The van der Waals surface area contributed by atoms with Crippen LogP contribution in [0.2, 0.25) is 0 Å². The molecule has 0 saturated heterocycles. The van der Waals surface area contributed by atoms with Crippen LogP contribution in [0.25, 0.3) is 10.8 Å². The summed E-state index contributed by atoms with van der Waals surface area (Å²) in [5, 5.41) is 15.0. The number of pyridine rings is 1. The van der Waals surface area contributed by atoms with Crippen LogP contribution in [0.1, 0.15) is 38.8 Å². The fraction of sp³-hybridized carbons (Fsp3) is 0.409. The van der Waals surface area contributed by atoms with Crippen LogP contribution in [0.15, 0.2) is 41.7 Å². The van der Waals surface area contributed by atoms with Crippen LogP contribution in [0.5, 0.6) is 0 Å². The van der Waals surface area contributed by atoms with Gasteiger partial charge in [0.25, 0.3) is 0 Å². The van der Waals surface area contributed by atoms with Gasteiger partial charge in [0, 0.05) is 36.3 Å². The first-order chi connectivity index (χ1) is 14.3. The van der Waals surface area contributed by atoms with Gasteiger partial charge in [0.1, 0.15) is 12.4 Å². The van der Waals surface area contributed by atoms with E-state index in [-0.39, 0.29) is 12.3 Å². The van der Waals surface area contributed by atoms with Gasteiger partial charge < -0.3 is 9.94 Å². The minimum absolute atomic E-state index is 0.133. The third-order valence-corrected chi connectivity index (χ3v) is 5.54. The minimum atomic E-state index is -1.36. The molecule has 2 heterocycles. The molecule has 0 amide bonds. The molecule has 1 N–H and O–H groups in total. The molecule has 7 nitrogen and oxygen atoms in total. The Morgan fingerprint density at radius 2 is 1.93 bits per heavy atom. The van der Waals surface area contributed by atoms with Crippen molar-refractivity contribution >= 4 is 34.0 Å². The monoisotopic (exact) mass is 414 g/mol. The molecule has 1 aliphatic heterocycles. The molecule has 0 bridgehead atoms. The summed E-state index contributed by atoms with van der Waals surface area (Å²) < 4.78 is 12.9. The maximum Gasteiger partial charge on any atom is 0.304 e. The van der Waals surface area contributed by atoms with Crippen molar-refractivity contribution in [1.82, 2.24) is 4.98 Å². The van der Waals surface area contributed by atoms with Crippen molar-refractivity contribution in [2.45, 2.75) is 38.7 Å². The number of carbonyl (C=O) groups is 3. The highest BCUT2D eigenvalue weighted by Crippen LogP contribution is 2.37. The fourth-order valence-electron chi connectivity index (χ4n) is 3.72. The minimum Gasteiger partial charge on any atom is -0.481 e. The Balaban J connectivity index is 1.88. The SMILES string of the molecule is CC(C)[C@@]1(C(=O)C[C@@H](CC(=O)O)C(=O)CF)CC(c2nccc3ccccc23)=NO1. The van der Waals surface area contributed by atoms with Crippen molar-refractivity contribution in [2.24, 2.45) is 17.0 Å². The number of benzene rings is 1. The standard InChI is InChI=1S/C22H23FN2O5/c1-13(2)22(19(27)9-15(10-20(28)29)18(26)12-23)11-17(25-30-22)21-16-6-4-3-5-14(16)7-8-24-21/h3-8,13,15H,9-12H2,1-2H3,(H,28,29)/t15-,22+/m0/s1. The summed E-state index contributed by atoms with van der Waals surface area (Å²) in [6, 6.07) is 9.50. The summed E-state index contributed by atoms with van der Waals surface area (Å²) in [5.74, 6) is -4.19. The number of halogens is 1. The molecule has 158 valence electrons. The second-order valence-corrected chi connectivity index (χ2v) is 7.75. The number of carbonyl (C=O) groups excluding carboxylic acids is 2. The lowest BCUT2D eigenvalue weighted by atomic mass is 9.77. The van der Waals surface area contributed by atoms with E-state index >= 15 is 0 Å². The van der Waals surface area contributed by atoms with Crippen LogP contribution >= 0.6 is 0 Å². The Kier molecular flexibility index (Phi) is 6.24. The van der Waals surface area contributed by atoms with E-state index in [9.17, 15) is 18.8 Å². The molecule has 30 heavy (non-hydrogen) atoms. The highest BCUT2D eigenvalue weighted by molar-refractivity contribution is 6.12. The Labute approximate surface area is 172 Å². The van der Waals surface area contributed by atoms with Crippen LogP contribution in [-0.2, 0) is 19.2 Å². The average Bonchev–Trinajstić information content (AvgIpc) is 3.18. The number of oxime groups is 1. The molecular weight excluding hydrogens is 391 g/mol. The van der Waals surface area contributed by atoms with E-state index in [1.165, 1.54) is 0 Å². The van der Waals surface area contributed by atoms with Gasteiger partial charge in [0.05, 0.1) is 12.1 Å². The predicted octanol–water partition coefficient (Wildman–Crippen LogP) is 3.34. The summed E-state index contributed by atoms with van der Waals surface area (Å²) in [5.41, 5.74) is -0.257. The van der Waals surface area contributed by atoms with Crippen LogP contribution in [-0.4, -0.2) is 45.6 Å². The van der Waals surface area contributed by atoms with Crippen molar-refractivity contribution < 1.29 is 28.7 Å². The quantitative estimate of drug-likeness (QED) is 0.675. The Morgan fingerprint density at radius 1 is 1.20 bits per heavy atom. The molecule has 3 rings (SSSR count). The number of ketones is 2. The van der Waals surface area contributed by atoms with E-state index in [1.54, 1.807) is 20.0 Å². The average molecular weight is 414 g/mol. The van der Waals surface area contributed by atoms with Crippen molar-refractivity contribution in [2.75, 3.05) is 6.67 Å². The number of hydrogen-bond donors (Lipinski definition) is 1. The van der Waals surface area contributed by atoms with Gasteiger partial charge in [-0.25, -0.2) is 4.39 Å². The highest BCUT2D eigenvalue weighted by atomic mass is 19.1. The first-order valence-electron chi connectivity index (χ1n) is 9.71. The number of carboxylic acid groups (broad SMARTS) is 1. The highest BCUT2D eigenvalue weighted by Gasteiger charge is 2.50. The Morgan fingerprint density at radius 3 is 2.60 bits per heavy atom. The number of fused-ring (bicyclic) bond motifs is 1. The number of aliphatic carboxylic acids is 1. The molecule has 1 aromatic carbocycles. The third-order valence-electron chi connectivity index (χ3n) is 5.54. The maximum atomic E-state index is 13.2. The van der Waals surface area contributed by atoms with E-state index in [0.717, 1.165) is 10.8 Å². The van der Waals surface area contributed by atoms with Crippen molar-refractivity contribution in [3.63, 3.8) is 0 Å². The molecule has 0 unspecified atom stereocenters. The first-order valence-corrected chi connectivity index (χ1v) is 9.71. The molecule has 0 saturated carbocycles. The van der Waals surface area contributed by atoms with E-state index in [0.29, 0.717) is 11.4 Å². The smallest absolute Gasteiger partial charge is 0.304 e. The van der Waals surface area contributed by atoms with Gasteiger partial charge in [-0.15, -0.1) is 0 Å². The zero-order valence-electron chi connectivity index (χ0n) is 16.8. The number of nitrogens with zero attached hydrogens (tertiary/aromatic N) is 2. The third kappa shape index (κ3) is 4.08. The molecule has 8 heteroatoms. The van der Waals surface area contributed by atoms with Crippen LogP contribution in [0.4, 0.5) is 4.39 Å². The molecule has 2 aromatic rings. The molecule has 0 radical (unpaired) electrons. The van der Waals surface area contributed by atoms with E-state index < -0.39 is 48.6 Å². The number of rotatable bonds is 9. The summed E-state index contributed by atoms with van der Waals surface area (Å²) in [7, 11) is 0. The van der Waals surface area contributed by atoms with Crippen molar-refractivity contribution in [3.8, 4) is 0 Å². The van der Waals surface area contributed by atoms with Crippen LogP contribution in [0, 0.1) is 11.8 Å². The van der Waals surface area contributed by atoms with Gasteiger partial charge >= 0.3 is 5.97 Å². The summed E-state index contributed by atoms with van der Waals surface area (Å²) in [6.07, 6.45) is 0.758. The zero-order valence-corrected chi connectivity index (χ0v) is 16.8. The van der Waals surface area contributed by atoms with Gasteiger partial charge in [-0.05, 0) is 11.5 Å². The molecule has 2 atom stereocenters. The lowest BCUT2D eigenvalue weighted by Gasteiger charge is -2.30. The summed E-state index contributed by atoms with van der Waals surface area (Å²) in [6.45, 7) is 2.26. The first kappa shape index (κ1) is 21.5. The van der Waals surface area contributed by atoms with E-state index in [2.05, 4.69) is 10.1 Å². The van der Waals surface area contributed by atoms with Gasteiger partial charge in [0.15, 0.2) is 11.6 Å². The number of carboxylic acids is 1. The molecular formula is C22H23FN2O5. The molecule has 1 aliphatic rings. The number of alkyl halides is 1. The molecule has 0 aliphatic carbocycles. The van der Waals surface area contributed by atoms with Gasteiger partial charge in [0.2, 0.25) is 5.60 Å². The lowest BCUT2D eigenvalue weighted by molar-refractivity contribution is -0.151. The fourth-order valence-corrected chi connectivity index (χ4v) is 3.72.